The second-order valence-electron chi connectivity index (χ2n) is 6.12. The van der Waals surface area contributed by atoms with Gasteiger partial charge in [-0.05, 0) is 54.6 Å². The fourth-order valence-electron chi connectivity index (χ4n) is 2.73. The van der Waals surface area contributed by atoms with E-state index in [9.17, 15) is 9.18 Å². The highest BCUT2D eigenvalue weighted by Crippen LogP contribution is 2.25. The maximum atomic E-state index is 13.4. The topological polar surface area (TPSA) is 73.0 Å². The Kier molecular flexibility index (Phi) is 5.46. The number of anilines is 1. The summed E-state index contributed by atoms with van der Waals surface area (Å²) in [6.07, 6.45) is 1.71. The van der Waals surface area contributed by atoms with Gasteiger partial charge in [-0.2, -0.15) is 4.98 Å². The van der Waals surface area contributed by atoms with E-state index in [1.54, 1.807) is 22.9 Å². The number of halogens is 3. The van der Waals surface area contributed by atoms with Crippen molar-refractivity contribution in [3.8, 4) is 23.0 Å². The summed E-state index contributed by atoms with van der Waals surface area (Å²) < 4.78 is 21.4. The minimum Gasteiger partial charge on any atom is -0.334 e. The van der Waals surface area contributed by atoms with Crippen molar-refractivity contribution in [3.63, 3.8) is 0 Å². The van der Waals surface area contributed by atoms with Crippen LogP contribution in [0.1, 0.15) is 0 Å². The number of carbonyl (C=O) groups excluding carboxylic acids is 1. The lowest BCUT2D eigenvalue weighted by molar-refractivity contribution is -0.116. The molecule has 0 atom stereocenters. The zero-order chi connectivity index (χ0) is 20.4. The molecule has 0 aliphatic heterocycles. The van der Waals surface area contributed by atoms with Crippen molar-refractivity contribution >= 4 is 39.1 Å². The number of benzene rings is 2. The summed E-state index contributed by atoms with van der Waals surface area (Å²) in [5, 5.41) is 6.86. The second-order valence-corrected chi connectivity index (χ2v) is 7.45. The van der Waals surface area contributed by atoms with Crippen LogP contribution in [0.15, 0.2) is 69.8 Å². The Balaban J connectivity index is 1.52. The minimum atomic E-state index is -0.488. The number of aromatic nitrogens is 3. The Morgan fingerprint density at radius 1 is 1.21 bits per heavy atom. The first-order valence-electron chi connectivity index (χ1n) is 8.49. The maximum absolute atomic E-state index is 13.4. The lowest BCUT2D eigenvalue weighted by Gasteiger charge is -2.09. The van der Waals surface area contributed by atoms with Gasteiger partial charge in [-0.25, -0.2) is 4.39 Å². The first-order chi connectivity index (χ1) is 14.0. The Labute approximate surface area is 178 Å². The van der Waals surface area contributed by atoms with Crippen molar-refractivity contribution in [2.24, 2.45) is 0 Å². The molecule has 0 spiro atoms. The molecule has 0 fully saturated rings. The van der Waals surface area contributed by atoms with Gasteiger partial charge in [0.1, 0.15) is 18.1 Å². The van der Waals surface area contributed by atoms with Crippen LogP contribution < -0.4 is 5.32 Å². The van der Waals surface area contributed by atoms with Crippen molar-refractivity contribution < 1.29 is 13.7 Å². The van der Waals surface area contributed by atoms with Crippen molar-refractivity contribution in [1.29, 1.82) is 0 Å². The average Bonchev–Trinajstić information content (AvgIpc) is 3.34. The van der Waals surface area contributed by atoms with Gasteiger partial charge in [0, 0.05) is 16.2 Å². The van der Waals surface area contributed by atoms with Gasteiger partial charge in [0.2, 0.25) is 11.7 Å². The summed E-state index contributed by atoms with van der Waals surface area (Å²) in [4.78, 5) is 16.8. The van der Waals surface area contributed by atoms with Crippen LogP contribution in [0, 0.1) is 5.82 Å². The SMILES string of the molecule is O=C(Cn1cccc1-c1nc(-c2ccc(Br)cc2)no1)Nc1cc(F)ccc1Cl. The molecule has 0 radical (unpaired) electrons. The summed E-state index contributed by atoms with van der Waals surface area (Å²) in [6.45, 7) is -0.0365. The van der Waals surface area contributed by atoms with Gasteiger partial charge in [0.05, 0.1) is 10.7 Å². The van der Waals surface area contributed by atoms with E-state index in [1.807, 2.05) is 24.3 Å². The number of carbonyl (C=O) groups is 1. The van der Waals surface area contributed by atoms with Crippen LogP contribution >= 0.6 is 27.5 Å². The number of hydrogen-bond donors (Lipinski definition) is 1. The number of amides is 1. The standard InChI is InChI=1S/C20H13BrClFN4O2/c21-13-5-3-12(4-6-13)19-25-20(29-26-19)17-2-1-9-27(17)11-18(28)24-16-10-14(23)7-8-15(16)22/h1-10H,11H2,(H,24,28). The highest BCUT2D eigenvalue weighted by atomic mass is 79.9. The highest BCUT2D eigenvalue weighted by molar-refractivity contribution is 9.10. The second kappa shape index (κ2) is 8.18. The first kappa shape index (κ1) is 19.4. The van der Waals surface area contributed by atoms with Crippen molar-refractivity contribution in [1.82, 2.24) is 14.7 Å². The molecule has 0 bridgehead atoms. The monoisotopic (exact) mass is 474 g/mol. The third-order valence-corrected chi connectivity index (χ3v) is 4.95. The fraction of sp³-hybridized carbons (Fsp3) is 0.0500. The summed E-state index contributed by atoms with van der Waals surface area (Å²) in [5.74, 6) is -0.138. The Morgan fingerprint density at radius 2 is 2.00 bits per heavy atom. The van der Waals surface area contributed by atoms with Crippen LogP contribution in [-0.2, 0) is 11.3 Å². The lowest BCUT2D eigenvalue weighted by Crippen LogP contribution is -2.19. The number of nitrogens with one attached hydrogen (secondary N) is 1. The van der Waals surface area contributed by atoms with Gasteiger partial charge in [-0.15, -0.1) is 0 Å². The van der Waals surface area contributed by atoms with Crippen molar-refractivity contribution in [2.75, 3.05) is 5.32 Å². The predicted molar refractivity (Wildman–Crippen MR) is 111 cm³/mol. The molecule has 0 aliphatic rings. The van der Waals surface area contributed by atoms with Gasteiger partial charge in [-0.3, -0.25) is 4.79 Å². The van der Waals surface area contributed by atoms with Crippen molar-refractivity contribution in [3.05, 3.63) is 76.1 Å². The molecule has 2 aromatic heterocycles. The molecule has 1 N–H and O–H groups in total. The lowest BCUT2D eigenvalue weighted by atomic mass is 10.2. The van der Waals surface area contributed by atoms with Gasteiger partial charge in [-0.1, -0.05) is 32.7 Å². The summed E-state index contributed by atoms with van der Waals surface area (Å²) >= 11 is 9.38. The smallest absolute Gasteiger partial charge is 0.274 e. The molecule has 146 valence electrons. The highest BCUT2D eigenvalue weighted by Gasteiger charge is 2.16. The normalized spacial score (nSPS) is 10.9. The van der Waals surface area contributed by atoms with Crippen molar-refractivity contribution in [2.45, 2.75) is 6.54 Å². The first-order valence-corrected chi connectivity index (χ1v) is 9.67. The van der Waals surface area contributed by atoms with E-state index >= 15 is 0 Å². The average molecular weight is 476 g/mol. The van der Waals surface area contributed by atoms with Gasteiger partial charge in [0.15, 0.2) is 0 Å². The summed E-state index contributed by atoms with van der Waals surface area (Å²) in [6, 6.07) is 14.8. The van der Waals surface area contributed by atoms with Gasteiger partial charge in [0.25, 0.3) is 5.89 Å². The summed E-state index contributed by atoms with van der Waals surface area (Å²) in [7, 11) is 0. The molecule has 4 aromatic rings. The molecule has 2 heterocycles. The Morgan fingerprint density at radius 3 is 2.79 bits per heavy atom. The van der Waals surface area contributed by atoms with E-state index in [-0.39, 0.29) is 29.1 Å². The van der Waals surface area contributed by atoms with Crippen LogP contribution in [0.3, 0.4) is 0 Å². The molecule has 0 saturated carbocycles. The van der Waals surface area contributed by atoms with Gasteiger partial charge >= 0.3 is 0 Å². The van der Waals surface area contributed by atoms with E-state index in [4.69, 9.17) is 16.1 Å². The van der Waals surface area contributed by atoms with E-state index < -0.39 is 5.82 Å². The zero-order valence-corrected chi connectivity index (χ0v) is 17.1. The Bertz CT molecular complexity index is 1170. The fourth-order valence-corrected chi connectivity index (χ4v) is 3.16. The molecule has 1 amide bonds. The van der Waals surface area contributed by atoms with Gasteiger partial charge < -0.3 is 14.4 Å². The molecular formula is C20H13BrClFN4O2. The number of hydrogen-bond acceptors (Lipinski definition) is 4. The molecule has 6 nitrogen and oxygen atoms in total. The zero-order valence-electron chi connectivity index (χ0n) is 14.8. The molecule has 0 unspecified atom stereocenters. The van der Waals surface area contributed by atoms with Crippen LogP contribution in [0.2, 0.25) is 5.02 Å². The minimum absolute atomic E-state index is 0.0365. The third kappa shape index (κ3) is 4.38. The van der Waals surface area contributed by atoms with E-state index in [2.05, 4.69) is 31.4 Å². The number of nitrogens with zero attached hydrogens (tertiary/aromatic N) is 3. The predicted octanol–water partition coefficient (Wildman–Crippen LogP) is 5.40. The van der Waals surface area contributed by atoms with E-state index in [0.717, 1.165) is 10.0 Å². The molecule has 9 heteroatoms. The third-order valence-electron chi connectivity index (χ3n) is 4.09. The van der Waals surface area contributed by atoms with E-state index in [0.29, 0.717) is 11.5 Å². The molecule has 4 rings (SSSR count). The number of rotatable bonds is 5. The molecule has 2 aromatic carbocycles. The van der Waals surface area contributed by atoms with Crippen LogP contribution in [0.5, 0.6) is 0 Å². The summed E-state index contributed by atoms with van der Waals surface area (Å²) in [5.41, 5.74) is 1.60. The molecule has 0 aliphatic carbocycles. The van der Waals surface area contributed by atoms with Crippen LogP contribution in [0.25, 0.3) is 23.0 Å². The van der Waals surface area contributed by atoms with Crippen LogP contribution in [0.4, 0.5) is 10.1 Å². The molecule has 29 heavy (non-hydrogen) atoms. The van der Waals surface area contributed by atoms with E-state index in [1.165, 1.54) is 18.2 Å². The maximum Gasteiger partial charge on any atom is 0.274 e. The molecular weight excluding hydrogens is 463 g/mol. The Hall–Kier alpha value is -2.97. The quantitative estimate of drug-likeness (QED) is 0.419. The largest absolute Gasteiger partial charge is 0.334 e. The van der Waals surface area contributed by atoms with Crippen LogP contribution in [-0.4, -0.2) is 20.6 Å². The molecule has 0 saturated heterocycles.